The Morgan fingerprint density at radius 2 is 1.96 bits per heavy atom. The minimum atomic E-state index is -0.469. The Labute approximate surface area is 165 Å². The molecule has 1 aromatic carbocycles. The predicted octanol–water partition coefficient (Wildman–Crippen LogP) is 4.88. The van der Waals surface area contributed by atoms with Crippen LogP contribution in [0.4, 0.5) is 0 Å². The number of nitrogens with one attached hydrogen (secondary N) is 1. The van der Waals surface area contributed by atoms with Crippen LogP contribution in [0.5, 0.6) is 0 Å². The van der Waals surface area contributed by atoms with Gasteiger partial charge >= 0.3 is 0 Å². The number of hydrogen-bond donors (Lipinski definition) is 1. The normalized spacial score (nSPS) is 18.2. The van der Waals surface area contributed by atoms with E-state index in [2.05, 4.69) is 10.1 Å². The second-order valence-electron chi connectivity index (χ2n) is 6.32. The van der Waals surface area contributed by atoms with Crippen LogP contribution in [0.2, 0.25) is 5.02 Å². The Bertz CT molecular complexity index is 1030. The van der Waals surface area contributed by atoms with E-state index in [1.165, 1.54) is 22.8 Å². The zero-order chi connectivity index (χ0) is 19.1. The number of amidine groups is 2. The van der Waals surface area contributed by atoms with Crippen LogP contribution in [0.1, 0.15) is 19.6 Å². The van der Waals surface area contributed by atoms with Crippen molar-refractivity contribution >= 4 is 51.4 Å². The van der Waals surface area contributed by atoms with Gasteiger partial charge in [-0.3, -0.25) is 10.2 Å². The highest BCUT2D eigenvalue weighted by Gasteiger charge is 2.36. The number of carbonyl (C=O) groups excluding carboxylic acids is 1. The molecular weight excluding hydrogens is 384 g/mol. The maximum atomic E-state index is 12.4. The van der Waals surface area contributed by atoms with Gasteiger partial charge in [0.05, 0.1) is 5.57 Å². The van der Waals surface area contributed by atoms with Crippen molar-refractivity contribution in [1.82, 2.24) is 5.01 Å². The minimum absolute atomic E-state index is 0.00223. The van der Waals surface area contributed by atoms with Gasteiger partial charge in [-0.2, -0.15) is 15.1 Å². The molecule has 1 amide bonds. The molecule has 6 nitrogen and oxygen atoms in total. The third-order valence-electron chi connectivity index (χ3n) is 4.01. The molecule has 0 aliphatic carbocycles. The molecule has 0 saturated carbocycles. The van der Waals surface area contributed by atoms with E-state index in [4.69, 9.17) is 21.4 Å². The average Bonchev–Trinajstić information content (AvgIpc) is 3.26. The van der Waals surface area contributed by atoms with Crippen LogP contribution < -0.4 is 0 Å². The number of nitrogens with zero attached hydrogens (tertiary/aromatic N) is 3. The molecule has 1 N–H and O–H groups in total. The second-order valence-corrected chi connectivity index (χ2v) is 7.75. The number of fused-ring (bicyclic) bond motifs is 1. The van der Waals surface area contributed by atoms with Gasteiger partial charge in [-0.15, -0.1) is 0 Å². The summed E-state index contributed by atoms with van der Waals surface area (Å²) in [7, 11) is 0. The number of benzene rings is 1. The van der Waals surface area contributed by atoms with Gasteiger partial charge in [0, 0.05) is 16.5 Å². The van der Waals surface area contributed by atoms with E-state index in [9.17, 15) is 4.79 Å². The van der Waals surface area contributed by atoms with Gasteiger partial charge in [-0.25, -0.2) is 0 Å². The molecule has 0 radical (unpaired) electrons. The van der Waals surface area contributed by atoms with Crippen LogP contribution in [0.25, 0.3) is 17.4 Å². The molecule has 4 rings (SSSR count). The summed E-state index contributed by atoms with van der Waals surface area (Å²) in [6, 6.07) is 10.8. The Kier molecular flexibility index (Phi) is 4.49. The molecular formula is C19H15ClN4O2S. The second kappa shape index (κ2) is 6.83. The van der Waals surface area contributed by atoms with Crippen molar-refractivity contribution in [2.75, 3.05) is 0 Å². The van der Waals surface area contributed by atoms with Crippen molar-refractivity contribution in [2.24, 2.45) is 16.0 Å². The molecule has 0 bridgehead atoms. The molecule has 2 aliphatic heterocycles. The molecule has 1 aromatic heterocycles. The molecule has 2 aliphatic rings. The lowest BCUT2D eigenvalue weighted by Crippen LogP contribution is -2.35. The molecule has 0 atom stereocenters. The van der Waals surface area contributed by atoms with Gasteiger partial charge in [-0.05, 0) is 54.2 Å². The summed E-state index contributed by atoms with van der Waals surface area (Å²) < 4.78 is 5.80. The van der Waals surface area contributed by atoms with E-state index in [-0.39, 0.29) is 17.3 Å². The van der Waals surface area contributed by atoms with Crippen molar-refractivity contribution in [2.45, 2.75) is 13.8 Å². The summed E-state index contributed by atoms with van der Waals surface area (Å²) in [6.45, 7) is 4.02. The van der Waals surface area contributed by atoms with Crippen molar-refractivity contribution < 1.29 is 9.21 Å². The third kappa shape index (κ3) is 3.36. The first-order valence-electron chi connectivity index (χ1n) is 8.28. The molecule has 8 heteroatoms. The van der Waals surface area contributed by atoms with E-state index in [0.29, 0.717) is 21.7 Å². The standard InChI is InChI=1S/C19H15ClN4O2S/c1-10(2)18-23-24-16(21)14(17(25)22-19(24)27-18)9-13-7-8-15(26-13)11-3-5-12(20)6-4-11/h3-10,21H,1-2H3/b14-9+,21-16?. The van der Waals surface area contributed by atoms with Gasteiger partial charge in [-0.1, -0.05) is 25.4 Å². The fourth-order valence-corrected chi connectivity index (χ4v) is 3.60. The summed E-state index contributed by atoms with van der Waals surface area (Å²) in [5.74, 6) is 0.840. The first kappa shape index (κ1) is 17.8. The topological polar surface area (TPSA) is 82.0 Å². The Morgan fingerprint density at radius 1 is 1.22 bits per heavy atom. The molecule has 0 saturated heterocycles. The van der Waals surface area contributed by atoms with Gasteiger partial charge in [0.1, 0.15) is 16.6 Å². The van der Waals surface area contributed by atoms with E-state index in [1.807, 2.05) is 32.0 Å². The van der Waals surface area contributed by atoms with Crippen LogP contribution in [0.15, 0.2) is 56.5 Å². The summed E-state index contributed by atoms with van der Waals surface area (Å²) in [6.07, 6.45) is 1.53. The fraction of sp³-hybridized carbons (Fsp3) is 0.158. The monoisotopic (exact) mass is 398 g/mol. The third-order valence-corrected chi connectivity index (χ3v) is 5.47. The summed E-state index contributed by atoms with van der Waals surface area (Å²) in [5.41, 5.74) is 1.02. The van der Waals surface area contributed by atoms with Gasteiger partial charge < -0.3 is 4.42 Å². The van der Waals surface area contributed by atoms with Gasteiger partial charge in [0.25, 0.3) is 5.91 Å². The number of rotatable bonds is 3. The lowest BCUT2D eigenvalue weighted by molar-refractivity contribution is -0.114. The number of thioether (sulfide) groups is 1. The van der Waals surface area contributed by atoms with Gasteiger partial charge in [0.2, 0.25) is 5.17 Å². The Balaban J connectivity index is 1.64. The van der Waals surface area contributed by atoms with Crippen LogP contribution in [0, 0.1) is 11.3 Å². The maximum Gasteiger partial charge on any atom is 0.283 e. The quantitative estimate of drug-likeness (QED) is 0.747. The Morgan fingerprint density at radius 3 is 2.67 bits per heavy atom. The van der Waals surface area contributed by atoms with Crippen LogP contribution >= 0.6 is 23.4 Å². The van der Waals surface area contributed by atoms with Gasteiger partial charge in [0.15, 0.2) is 5.84 Å². The SMILES string of the molecule is CC(C)C1=NN2C(=N)/C(=C\c3ccc(-c4ccc(Cl)cc4)o3)C(=O)N=C2S1. The van der Waals surface area contributed by atoms with Crippen molar-refractivity contribution in [3.63, 3.8) is 0 Å². The van der Waals surface area contributed by atoms with E-state index in [0.717, 1.165) is 10.6 Å². The average molecular weight is 399 g/mol. The summed E-state index contributed by atoms with van der Waals surface area (Å²) in [4.78, 5) is 16.5. The van der Waals surface area contributed by atoms with E-state index < -0.39 is 5.91 Å². The zero-order valence-electron chi connectivity index (χ0n) is 14.6. The number of halogens is 1. The lowest BCUT2D eigenvalue weighted by Gasteiger charge is -2.19. The largest absolute Gasteiger partial charge is 0.457 e. The molecule has 0 unspecified atom stereocenters. The fourth-order valence-electron chi connectivity index (χ4n) is 2.58. The minimum Gasteiger partial charge on any atom is -0.457 e. The van der Waals surface area contributed by atoms with E-state index in [1.54, 1.807) is 18.2 Å². The molecule has 0 spiro atoms. The Hall–Kier alpha value is -2.64. The lowest BCUT2D eigenvalue weighted by atomic mass is 10.1. The number of furan rings is 1. The number of hydrogen-bond acceptors (Lipinski definition) is 5. The van der Waals surface area contributed by atoms with Crippen molar-refractivity contribution in [3.05, 3.63) is 52.8 Å². The maximum absolute atomic E-state index is 12.4. The molecule has 2 aromatic rings. The number of carbonyl (C=O) groups is 1. The molecule has 27 heavy (non-hydrogen) atoms. The van der Waals surface area contributed by atoms with E-state index >= 15 is 0 Å². The highest BCUT2D eigenvalue weighted by Crippen LogP contribution is 2.31. The number of amides is 1. The molecule has 0 fully saturated rings. The van der Waals surface area contributed by atoms with Crippen molar-refractivity contribution in [3.8, 4) is 11.3 Å². The predicted molar refractivity (Wildman–Crippen MR) is 109 cm³/mol. The van der Waals surface area contributed by atoms with Crippen LogP contribution in [-0.4, -0.2) is 27.0 Å². The molecule has 3 heterocycles. The first-order chi connectivity index (χ1) is 12.9. The summed E-state index contributed by atoms with van der Waals surface area (Å²) in [5, 5.41) is 16.1. The zero-order valence-corrected chi connectivity index (χ0v) is 16.1. The van der Waals surface area contributed by atoms with Crippen LogP contribution in [0.3, 0.4) is 0 Å². The highest BCUT2D eigenvalue weighted by atomic mass is 35.5. The smallest absolute Gasteiger partial charge is 0.283 e. The highest BCUT2D eigenvalue weighted by molar-refractivity contribution is 8.27. The number of hydrazone groups is 1. The van der Waals surface area contributed by atoms with Crippen LogP contribution in [-0.2, 0) is 4.79 Å². The summed E-state index contributed by atoms with van der Waals surface area (Å²) >= 11 is 7.23. The molecule has 136 valence electrons. The van der Waals surface area contributed by atoms with Crippen molar-refractivity contribution in [1.29, 1.82) is 5.41 Å². The first-order valence-corrected chi connectivity index (χ1v) is 9.47. The number of aliphatic imine (C=N–C) groups is 1.